The van der Waals surface area contributed by atoms with Crippen molar-refractivity contribution in [3.8, 4) is 0 Å². The summed E-state index contributed by atoms with van der Waals surface area (Å²) in [5, 5.41) is 10.8. The number of carbonyl (C=O) groups is 4. The number of hydrogen-bond donors (Lipinski definition) is 3. The zero-order chi connectivity index (χ0) is 26.6. The quantitative estimate of drug-likeness (QED) is 0.387. The summed E-state index contributed by atoms with van der Waals surface area (Å²) in [5.41, 5.74) is 0.487. The minimum atomic E-state index is -0.859. The highest BCUT2D eigenvalue weighted by Crippen LogP contribution is 2.23. The number of amides is 3. The van der Waals surface area contributed by atoms with Crippen molar-refractivity contribution < 1.29 is 28.7 Å². The fourth-order valence-electron chi connectivity index (χ4n) is 5.38. The van der Waals surface area contributed by atoms with Crippen LogP contribution in [0.15, 0.2) is 54.6 Å². The van der Waals surface area contributed by atoms with Crippen molar-refractivity contribution in [3.63, 3.8) is 0 Å². The van der Waals surface area contributed by atoms with E-state index in [0.29, 0.717) is 31.6 Å². The molecule has 2 aromatic rings. The third-order valence-electron chi connectivity index (χ3n) is 7.21. The molecule has 0 radical (unpaired) electrons. The van der Waals surface area contributed by atoms with Crippen LogP contribution < -0.4 is 16.0 Å². The van der Waals surface area contributed by atoms with Gasteiger partial charge in [0.25, 0.3) is 5.91 Å². The average molecular weight is 521 g/mol. The van der Waals surface area contributed by atoms with E-state index in [1.54, 1.807) is 17.9 Å². The van der Waals surface area contributed by atoms with Crippen LogP contribution in [0, 0.1) is 0 Å². The molecule has 0 spiro atoms. The van der Waals surface area contributed by atoms with E-state index >= 15 is 0 Å². The summed E-state index contributed by atoms with van der Waals surface area (Å²) in [5.74, 6) is -1.50. The highest BCUT2D eigenvalue weighted by Gasteiger charge is 2.44. The molecule has 5 rings (SSSR count). The molecule has 3 amide bonds. The zero-order valence-electron chi connectivity index (χ0n) is 21.2. The number of ether oxygens (including phenoxy) is 2. The van der Waals surface area contributed by atoms with E-state index in [0.717, 1.165) is 10.8 Å². The first-order valence-electron chi connectivity index (χ1n) is 13.0. The first-order valence-corrected chi connectivity index (χ1v) is 13.0. The van der Waals surface area contributed by atoms with Crippen molar-refractivity contribution in [2.24, 2.45) is 0 Å². The molecule has 0 aliphatic carbocycles. The molecule has 2 fully saturated rings. The molecule has 2 aromatic carbocycles. The van der Waals surface area contributed by atoms with Gasteiger partial charge in [-0.3, -0.25) is 19.2 Å². The second-order valence-electron chi connectivity index (χ2n) is 9.70. The summed E-state index contributed by atoms with van der Waals surface area (Å²) in [6, 6.07) is 10.5. The predicted molar refractivity (Wildman–Crippen MR) is 139 cm³/mol. The number of cyclic esters (lactones) is 1. The molecule has 3 aliphatic rings. The Kier molecular flexibility index (Phi) is 7.71. The van der Waals surface area contributed by atoms with Gasteiger partial charge in [0.2, 0.25) is 18.1 Å². The average Bonchev–Trinajstić information content (AvgIpc) is 3.26. The molecule has 3 N–H and O–H groups in total. The lowest BCUT2D eigenvalue weighted by molar-refractivity contribution is -0.165. The van der Waals surface area contributed by atoms with Crippen LogP contribution in [0.5, 0.6) is 0 Å². The summed E-state index contributed by atoms with van der Waals surface area (Å²) in [6.07, 6.45) is 3.93. The van der Waals surface area contributed by atoms with E-state index in [-0.39, 0.29) is 30.8 Å². The van der Waals surface area contributed by atoms with Crippen molar-refractivity contribution in [2.45, 2.75) is 56.6 Å². The predicted octanol–water partition coefficient (Wildman–Crippen LogP) is 1.25. The number of hydrogen-bond acceptors (Lipinski definition) is 7. The van der Waals surface area contributed by atoms with E-state index in [9.17, 15) is 19.2 Å². The molecule has 10 heteroatoms. The number of benzene rings is 2. The van der Waals surface area contributed by atoms with Crippen molar-refractivity contribution in [3.05, 3.63) is 60.2 Å². The molecule has 2 saturated heterocycles. The number of nitrogens with one attached hydrogen (secondary N) is 3. The molecule has 3 aliphatic heterocycles. The lowest BCUT2D eigenvalue weighted by Gasteiger charge is -2.44. The molecule has 0 bridgehead atoms. The monoisotopic (exact) mass is 520 g/mol. The fraction of sp³-hybridized carbons (Fsp3) is 0.429. The van der Waals surface area contributed by atoms with Gasteiger partial charge in [-0.2, -0.15) is 0 Å². The molecular formula is C28H32N4O6. The number of carbonyl (C=O) groups excluding carboxylic acids is 4. The van der Waals surface area contributed by atoms with E-state index in [1.807, 2.05) is 48.6 Å². The molecule has 5 atom stereocenters. The third kappa shape index (κ3) is 5.27. The highest BCUT2D eigenvalue weighted by molar-refractivity contribution is 6.08. The van der Waals surface area contributed by atoms with Gasteiger partial charge in [0, 0.05) is 31.3 Å². The Hall–Kier alpha value is -3.76. The van der Waals surface area contributed by atoms with E-state index < -0.39 is 36.3 Å². The van der Waals surface area contributed by atoms with Crippen LogP contribution in [0.2, 0.25) is 0 Å². The largest absolute Gasteiger partial charge is 0.433 e. The summed E-state index contributed by atoms with van der Waals surface area (Å²) in [4.78, 5) is 54.1. The number of nitrogens with zero attached hydrogens (tertiary/aromatic N) is 1. The Morgan fingerprint density at radius 2 is 1.84 bits per heavy atom. The van der Waals surface area contributed by atoms with Gasteiger partial charge in [-0.15, -0.1) is 0 Å². The number of piperazine rings is 1. The van der Waals surface area contributed by atoms with Gasteiger partial charge in [-0.1, -0.05) is 48.6 Å². The minimum Gasteiger partial charge on any atom is -0.433 e. The lowest BCUT2D eigenvalue weighted by Crippen LogP contribution is -2.67. The molecule has 200 valence electrons. The van der Waals surface area contributed by atoms with Crippen LogP contribution in [-0.2, 0) is 23.9 Å². The second-order valence-corrected chi connectivity index (χ2v) is 9.70. The fourth-order valence-corrected chi connectivity index (χ4v) is 5.38. The molecule has 10 nitrogen and oxygen atoms in total. The van der Waals surface area contributed by atoms with Crippen molar-refractivity contribution >= 4 is 34.5 Å². The Morgan fingerprint density at radius 1 is 1.05 bits per heavy atom. The van der Waals surface area contributed by atoms with Crippen molar-refractivity contribution in [1.29, 1.82) is 0 Å². The van der Waals surface area contributed by atoms with Crippen LogP contribution in [0.1, 0.15) is 36.5 Å². The van der Waals surface area contributed by atoms with Crippen molar-refractivity contribution in [2.75, 3.05) is 19.7 Å². The summed E-state index contributed by atoms with van der Waals surface area (Å²) in [6.45, 7) is 2.88. The van der Waals surface area contributed by atoms with Gasteiger partial charge in [0.15, 0.2) is 0 Å². The van der Waals surface area contributed by atoms with Gasteiger partial charge in [0.1, 0.15) is 18.1 Å². The smallest absolute Gasteiger partial charge is 0.310 e. The van der Waals surface area contributed by atoms with Crippen LogP contribution >= 0.6 is 0 Å². The normalized spacial score (nSPS) is 28.1. The molecular weight excluding hydrogens is 488 g/mol. The maximum absolute atomic E-state index is 13.9. The molecule has 0 aromatic heterocycles. The van der Waals surface area contributed by atoms with Crippen molar-refractivity contribution in [1.82, 2.24) is 20.9 Å². The summed E-state index contributed by atoms with van der Waals surface area (Å²) < 4.78 is 10.6. The standard InChI is InChI=1S/C28H32N4O6/c1-2-37-28-22(14-24(33)38-28)31-26(35)23-16-29-15-18-10-4-6-13-21(27(36)32(18)23)30-25(34)20-12-7-9-17-8-3-5-11-19(17)20/h3-9,11-12,18,21-23,28-29H,2,10,13-16H2,1H3,(H,30,34)(H,31,35)/b6-4-/t18-,21-,22?,23-,28?/m0/s1. The van der Waals surface area contributed by atoms with Gasteiger partial charge < -0.3 is 30.3 Å². The Bertz CT molecular complexity index is 1260. The Morgan fingerprint density at radius 3 is 2.68 bits per heavy atom. The van der Waals surface area contributed by atoms with Gasteiger partial charge in [-0.25, -0.2) is 0 Å². The first-order chi connectivity index (χ1) is 18.5. The molecule has 0 saturated carbocycles. The van der Waals surface area contributed by atoms with Crippen LogP contribution in [0.3, 0.4) is 0 Å². The number of esters is 1. The van der Waals surface area contributed by atoms with Crippen LogP contribution in [-0.4, -0.2) is 78.7 Å². The van der Waals surface area contributed by atoms with E-state index in [2.05, 4.69) is 16.0 Å². The van der Waals surface area contributed by atoms with Crippen LogP contribution in [0.25, 0.3) is 10.8 Å². The summed E-state index contributed by atoms with van der Waals surface area (Å²) in [7, 11) is 0. The van der Waals surface area contributed by atoms with Gasteiger partial charge in [-0.05, 0) is 36.6 Å². The second kappa shape index (κ2) is 11.3. The third-order valence-corrected chi connectivity index (χ3v) is 7.21. The molecule has 38 heavy (non-hydrogen) atoms. The first kappa shape index (κ1) is 25.9. The maximum Gasteiger partial charge on any atom is 0.310 e. The zero-order valence-corrected chi connectivity index (χ0v) is 21.2. The van der Waals surface area contributed by atoms with E-state index in [4.69, 9.17) is 9.47 Å². The minimum absolute atomic E-state index is 0.000379. The van der Waals surface area contributed by atoms with Gasteiger partial charge >= 0.3 is 5.97 Å². The van der Waals surface area contributed by atoms with Gasteiger partial charge in [0.05, 0.1) is 6.42 Å². The maximum atomic E-state index is 13.9. The topological polar surface area (TPSA) is 126 Å². The molecule has 3 heterocycles. The molecule has 2 unspecified atom stereocenters. The highest BCUT2D eigenvalue weighted by atomic mass is 16.7. The van der Waals surface area contributed by atoms with E-state index in [1.165, 1.54) is 0 Å². The SMILES string of the molecule is CCOC1OC(=O)CC1NC(=O)[C@@H]1CNC[C@@H]2C/C=C\C[C@H](NC(=O)c3cccc4ccccc34)C(=O)N21. The Balaban J connectivity index is 1.36. The summed E-state index contributed by atoms with van der Waals surface area (Å²) >= 11 is 0. The Labute approximate surface area is 220 Å². The van der Waals surface area contributed by atoms with Crippen LogP contribution in [0.4, 0.5) is 0 Å². The number of fused-ring (bicyclic) bond motifs is 2. The lowest BCUT2D eigenvalue weighted by atomic mass is 9.97. The number of rotatable bonds is 6.